The fourth-order valence-electron chi connectivity index (χ4n) is 4.20. The van der Waals surface area contributed by atoms with Crippen LogP contribution in [0.2, 0.25) is 0 Å². The smallest absolute Gasteiger partial charge is 0.212 e. The molecule has 0 radical (unpaired) electrons. The summed E-state index contributed by atoms with van der Waals surface area (Å²) in [5, 5.41) is 15.7. The predicted molar refractivity (Wildman–Crippen MR) is 140 cm³/mol. The van der Waals surface area contributed by atoms with E-state index in [1.165, 1.54) is 0 Å². The Morgan fingerprint density at radius 2 is 1.81 bits per heavy atom. The summed E-state index contributed by atoms with van der Waals surface area (Å²) in [6, 6.07) is 17.2. The summed E-state index contributed by atoms with van der Waals surface area (Å²) < 4.78 is 30.6. The van der Waals surface area contributed by atoms with Crippen LogP contribution in [0.15, 0.2) is 54.6 Å². The van der Waals surface area contributed by atoms with Gasteiger partial charge in [0, 0.05) is 0 Å². The average molecular weight is 511 g/mol. The third kappa shape index (κ3) is 6.96. The lowest BCUT2D eigenvalue weighted by molar-refractivity contribution is 0.304. The van der Waals surface area contributed by atoms with E-state index in [1.807, 2.05) is 54.6 Å². The molecule has 0 aliphatic carbocycles. The maximum atomic E-state index is 13.0. The molecule has 192 valence electrons. The van der Waals surface area contributed by atoms with Crippen LogP contribution in [0.5, 0.6) is 0 Å². The molecule has 2 aromatic heterocycles. The number of aryl methyl sites for hydroxylation is 1. The molecule has 11 heteroatoms. The normalized spacial score (nSPS) is 13.0. The summed E-state index contributed by atoms with van der Waals surface area (Å²) in [4.78, 5) is 6.85. The van der Waals surface area contributed by atoms with Crippen LogP contribution in [-0.2, 0) is 23.0 Å². The Morgan fingerprint density at radius 1 is 1.06 bits per heavy atom. The monoisotopic (exact) mass is 510 g/mol. The molecule has 0 spiro atoms. The van der Waals surface area contributed by atoms with Gasteiger partial charge in [-0.3, -0.25) is 5.10 Å². The molecule has 4 rings (SSSR count). The van der Waals surface area contributed by atoms with Gasteiger partial charge in [0.1, 0.15) is 17.9 Å². The number of H-pyrrole nitrogens is 1. The highest BCUT2D eigenvalue weighted by Crippen LogP contribution is 2.19. The van der Waals surface area contributed by atoms with E-state index in [1.54, 1.807) is 4.68 Å². The van der Waals surface area contributed by atoms with Crippen molar-refractivity contribution >= 4 is 21.1 Å². The molecule has 0 amide bonds. The third-order valence-corrected chi connectivity index (χ3v) is 7.72. The van der Waals surface area contributed by atoms with Crippen LogP contribution in [-0.4, -0.2) is 68.9 Å². The minimum atomic E-state index is -3.51. The Kier molecular flexibility index (Phi) is 8.79. The SMILES string of the molecule is CCN(CC)CCCS(=O)(=O)N[C@H](CCc1ccccc1)c1n[nH]c(Cn2nnc3ccccc32)n1. The van der Waals surface area contributed by atoms with E-state index < -0.39 is 16.1 Å². The zero-order valence-electron chi connectivity index (χ0n) is 20.8. The molecule has 2 N–H and O–H groups in total. The van der Waals surface area contributed by atoms with Gasteiger partial charge in [-0.15, -0.1) is 5.10 Å². The zero-order chi connectivity index (χ0) is 25.4. The summed E-state index contributed by atoms with van der Waals surface area (Å²) >= 11 is 0. The molecule has 0 aliphatic heterocycles. The van der Waals surface area contributed by atoms with Gasteiger partial charge in [-0.25, -0.2) is 22.8 Å². The summed E-state index contributed by atoms with van der Waals surface area (Å²) in [7, 11) is -3.51. The topological polar surface area (TPSA) is 122 Å². The Bertz CT molecular complexity index is 1330. The summed E-state index contributed by atoms with van der Waals surface area (Å²) in [5.74, 6) is 1.08. The van der Waals surface area contributed by atoms with Crippen molar-refractivity contribution in [2.45, 2.75) is 45.7 Å². The van der Waals surface area contributed by atoms with Gasteiger partial charge in [0.05, 0.1) is 17.3 Å². The number of fused-ring (bicyclic) bond motifs is 1. The van der Waals surface area contributed by atoms with Gasteiger partial charge in [0.25, 0.3) is 0 Å². The van der Waals surface area contributed by atoms with E-state index in [0.29, 0.717) is 37.5 Å². The number of aromatic amines is 1. The van der Waals surface area contributed by atoms with Gasteiger partial charge in [-0.1, -0.05) is 61.5 Å². The highest BCUT2D eigenvalue weighted by atomic mass is 32.2. The number of aromatic nitrogens is 6. The van der Waals surface area contributed by atoms with Crippen molar-refractivity contribution < 1.29 is 8.42 Å². The van der Waals surface area contributed by atoms with Crippen molar-refractivity contribution in [3.63, 3.8) is 0 Å². The number of sulfonamides is 1. The van der Waals surface area contributed by atoms with Crippen LogP contribution in [0.1, 0.15) is 49.9 Å². The summed E-state index contributed by atoms with van der Waals surface area (Å²) in [6.07, 6.45) is 1.81. The number of benzene rings is 2. The van der Waals surface area contributed by atoms with Crippen LogP contribution in [0.3, 0.4) is 0 Å². The third-order valence-electron chi connectivity index (χ3n) is 6.25. The van der Waals surface area contributed by atoms with Crippen molar-refractivity contribution in [3.8, 4) is 0 Å². The highest BCUT2D eigenvalue weighted by Gasteiger charge is 2.23. The van der Waals surface area contributed by atoms with E-state index in [0.717, 1.165) is 36.2 Å². The molecule has 2 heterocycles. The average Bonchev–Trinajstić information content (AvgIpc) is 3.53. The van der Waals surface area contributed by atoms with E-state index >= 15 is 0 Å². The molecular weight excluding hydrogens is 476 g/mol. The molecule has 36 heavy (non-hydrogen) atoms. The second-order valence-corrected chi connectivity index (χ2v) is 10.6. The number of nitrogens with zero attached hydrogens (tertiary/aromatic N) is 6. The minimum absolute atomic E-state index is 0.0631. The van der Waals surface area contributed by atoms with Crippen molar-refractivity contribution in [2.24, 2.45) is 0 Å². The molecule has 2 aromatic carbocycles. The fourth-order valence-corrected chi connectivity index (χ4v) is 5.49. The number of hydrogen-bond donors (Lipinski definition) is 2. The molecule has 0 unspecified atom stereocenters. The fraction of sp³-hybridized carbons (Fsp3) is 0.440. The maximum Gasteiger partial charge on any atom is 0.212 e. The molecule has 0 fully saturated rings. The van der Waals surface area contributed by atoms with Gasteiger partial charge >= 0.3 is 0 Å². The number of para-hydroxylation sites is 1. The first-order chi connectivity index (χ1) is 17.5. The summed E-state index contributed by atoms with van der Waals surface area (Å²) in [6.45, 7) is 7.09. The highest BCUT2D eigenvalue weighted by molar-refractivity contribution is 7.89. The van der Waals surface area contributed by atoms with Gasteiger partial charge in [-0.05, 0) is 56.6 Å². The molecular formula is C25H34N8O2S. The van der Waals surface area contributed by atoms with Gasteiger partial charge < -0.3 is 4.90 Å². The molecule has 1 atom stereocenters. The van der Waals surface area contributed by atoms with E-state index in [4.69, 9.17) is 0 Å². The van der Waals surface area contributed by atoms with E-state index in [-0.39, 0.29) is 5.75 Å². The Balaban J connectivity index is 1.47. The van der Waals surface area contributed by atoms with Crippen molar-refractivity contribution in [1.29, 1.82) is 0 Å². The number of nitrogens with one attached hydrogen (secondary N) is 2. The molecule has 0 saturated heterocycles. The Hall–Kier alpha value is -3.15. The molecule has 4 aromatic rings. The van der Waals surface area contributed by atoms with Crippen molar-refractivity contribution in [1.82, 2.24) is 39.8 Å². The number of hydrogen-bond acceptors (Lipinski definition) is 7. The van der Waals surface area contributed by atoms with Crippen molar-refractivity contribution in [3.05, 3.63) is 71.8 Å². The first-order valence-electron chi connectivity index (χ1n) is 12.4. The van der Waals surface area contributed by atoms with Gasteiger partial charge in [0.15, 0.2) is 5.82 Å². The standard InChI is InChI=1S/C25H34N8O2S/c1-3-32(4-2)17-10-18-36(34,35)30-22(16-15-20-11-6-5-7-12-20)25-26-24(28-29-25)19-33-23-14-9-8-13-21(23)27-31-33/h5-9,11-14,22,30H,3-4,10,15-19H2,1-2H3,(H,26,28,29)/t22-/m1/s1. The molecule has 0 bridgehead atoms. The molecule has 0 aliphatic rings. The van der Waals surface area contributed by atoms with Crippen LogP contribution in [0, 0.1) is 0 Å². The van der Waals surface area contributed by atoms with Crippen LogP contribution >= 0.6 is 0 Å². The maximum absolute atomic E-state index is 13.0. The second kappa shape index (κ2) is 12.2. The molecule has 0 saturated carbocycles. The predicted octanol–water partition coefficient (Wildman–Crippen LogP) is 2.92. The largest absolute Gasteiger partial charge is 0.304 e. The molecule has 10 nitrogen and oxygen atoms in total. The minimum Gasteiger partial charge on any atom is -0.304 e. The van der Waals surface area contributed by atoms with Gasteiger partial charge in [-0.2, -0.15) is 5.10 Å². The Morgan fingerprint density at radius 3 is 2.58 bits per heavy atom. The Labute approximate surface area is 212 Å². The first-order valence-corrected chi connectivity index (χ1v) is 14.1. The van der Waals surface area contributed by atoms with Crippen molar-refractivity contribution in [2.75, 3.05) is 25.4 Å². The lowest BCUT2D eigenvalue weighted by Gasteiger charge is -2.19. The zero-order valence-corrected chi connectivity index (χ0v) is 21.7. The second-order valence-electron chi connectivity index (χ2n) is 8.77. The van der Waals surface area contributed by atoms with Crippen LogP contribution < -0.4 is 4.72 Å². The number of rotatable bonds is 14. The lowest BCUT2D eigenvalue weighted by Crippen LogP contribution is -2.33. The summed E-state index contributed by atoms with van der Waals surface area (Å²) in [5.41, 5.74) is 2.83. The van der Waals surface area contributed by atoms with Crippen LogP contribution in [0.4, 0.5) is 0 Å². The quantitative estimate of drug-likeness (QED) is 0.267. The first kappa shape index (κ1) is 25.9. The van der Waals surface area contributed by atoms with E-state index in [9.17, 15) is 8.42 Å². The van der Waals surface area contributed by atoms with Gasteiger partial charge in [0.2, 0.25) is 10.0 Å². The van der Waals surface area contributed by atoms with E-state index in [2.05, 4.69) is 49.0 Å². The van der Waals surface area contributed by atoms with Crippen LogP contribution in [0.25, 0.3) is 11.0 Å². The lowest BCUT2D eigenvalue weighted by atomic mass is 10.1.